The molecule has 1 aliphatic heterocycles. The molecule has 2 aromatic rings. The van der Waals surface area contributed by atoms with Crippen molar-refractivity contribution in [2.75, 3.05) is 0 Å². The minimum atomic E-state index is -3.74. The topological polar surface area (TPSA) is 55.4 Å². The Hall–Kier alpha value is -1.85. The first kappa shape index (κ1) is 11.3. The lowest BCUT2D eigenvalue weighted by atomic mass is 9.99. The highest BCUT2D eigenvalue weighted by molar-refractivity contribution is 7.85. The van der Waals surface area contributed by atoms with Gasteiger partial charge in [0, 0.05) is 5.56 Å². The monoisotopic (exact) mass is 261 g/mol. The SMILES string of the molecule is O=S1(=O)N[C@H](c2ccccc2)c2ccccc2O1. The molecule has 0 fully saturated rings. The molecule has 1 heterocycles. The van der Waals surface area contributed by atoms with Gasteiger partial charge in [0.05, 0.1) is 6.04 Å². The van der Waals surface area contributed by atoms with Crippen molar-refractivity contribution in [3.63, 3.8) is 0 Å². The predicted molar refractivity (Wildman–Crippen MR) is 67.4 cm³/mol. The van der Waals surface area contributed by atoms with Gasteiger partial charge in [0.15, 0.2) is 0 Å². The van der Waals surface area contributed by atoms with Gasteiger partial charge in [-0.25, -0.2) is 0 Å². The van der Waals surface area contributed by atoms with Crippen molar-refractivity contribution in [3.8, 4) is 5.75 Å². The summed E-state index contributed by atoms with van der Waals surface area (Å²) in [5.41, 5.74) is 1.70. The summed E-state index contributed by atoms with van der Waals surface area (Å²) in [6.07, 6.45) is 0. The first-order valence-corrected chi connectivity index (χ1v) is 6.92. The van der Waals surface area contributed by atoms with Crippen molar-refractivity contribution in [1.82, 2.24) is 4.72 Å². The first-order chi connectivity index (χ1) is 8.66. The van der Waals surface area contributed by atoms with Gasteiger partial charge in [0.1, 0.15) is 5.75 Å². The van der Waals surface area contributed by atoms with Crippen molar-refractivity contribution in [1.29, 1.82) is 0 Å². The van der Waals surface area contributed by atoms with E-state index in [0.717, 1.165) is 11.1 Å². The number of benzene rings is 2. The average molecular weight is 261 g/mol. The van der Waals surface area contributed by atoms with Gasteiger partial charge in [-0.3, -0.25) is 0 Å². The van der Waals surface area contributed by atoms with Gasteiger partial charge in [-0.05, 0) is 11.6 Å². The second-order valence-electron chi connectivity index (χ2n) is 4.04. The zero-order chi connectivity index (χ0) is 12.6. The van der Waals surface area contributed by atoms with E-state index in [1.165, 1.54) is 0 Å². The highest BCUT2D eigenvalue weighted by Crippen LogP contribution is 2.34. The number of rotatable bonds is 1. The van der Waals surface area contributed by atoms with Crippen LogP contribution in [0.15, 0.2) is 54.6 Å². The van der Waals surface area contributed by atoms with Gasteiger partial charge in [-0.1, -0.05) is 48.5 Å². The van der Waals surface area contributed by atoms with E-state index in [4.69, 9.17) is 4.18 Å². The van der Waals surface area contributed by atoms with Crippen LogP contribution in [-0.4, -0.2) is 8.42 Å². The lowest BCUT2D eigenvalue weighted by Crippen LogP contribution is -2.37. The average Bonchev–Trinajstić information content (AvgIpc) is 2.38. The van der Waals surface area contributed by atoms with Gasteiger partial charge in [-0.15, -0.1) is 0 Å². The van der Waals surface area contributed by atoms with E-state index in [1.807, 2.05) is 42.5 Å². The quantitative estimate of drug-likeness (QED) is 0.854. The summed E-state index contributed by atoms with van der Waals surface area (Å²) in [5, 5.41) is 0. The fourth-order valence-corrected chi connectivity index (χ4v) is 3.03. The third kappa shape index (κ3) is 1.98. The highest BCUT2D eigenvalue weighted by atomic mass is 32.2. The number of nitrogens with one attached hydrogen (secondary N) is 1. The Labute approximate surface area is 105 Å². The van der Waals surface area contributed by atoms with Gasteiger partial charge in [-0.2, -0.15) is 13.1 Å². The van der Waals surface area contributed by atoms with E-state index in [-0.39, 0.29) is 0 Å². The van der Waals surface area contributed by atoms with Crippen molar-refractivity contribution < 1.29 is 12.6 Å². The van der Waals surface area contributed by atoms with E-state index in [0.29, 0.717) is 5.75 Å². The number of para-hydroxylation sites is 1. The molecule has 1 N–H and O–H groups in total. The van der Waals surface area contributed by atoms with Crippen LogP contribution in [0.5, 0.6) is 5.75 Å². The van der Waals surface area contributed by atoms with Crippen molar-refractivity contribution >= 4 is 10.3 Å². The summed E-state index contributed by atoms with van der Waals surface area (Å²) >= 11 is 0. The Balaban J connectivity index is 2.16. The van der Waals surface area contributed by atoms with E-state index < -0.39 is 16.3 Å². The van der Waals surface area contributed by atoms with Crippen LogP contribution in [0.4, 0.5) is 0 Å². The van der Waals surface area contributed by atoms with Crippen molar-refractivity contribution in [2.24, 2.45) is 0 Å². The predicted octanol–water partition coefficient (Wildman–Crippen LogP) is 2.00. The normalized spacial score (nSPS) is 20.8. The number of fused-ring (bicyclic) bond motifs is 1. The maximum atomic E-state index is 11.7. The Morgan fingerprint density at radius 3 is 2.39 bits per heavy atom. The molecule has 0 amide bonds. The number of hydrogen-bond donors (Lipinski definition) is 1. The third-order valence-electron chi connectivity index (χ3n) is 2.82. The van der Waals surface area contributed by atoms with Crippen LogP contribution in [-0.2, 0) is 10.3 Å². The zero-order valence-electron chi connectivity index (χ0n) is 9.41. The first-order valence-electron chi connectivity index (χ1n) is 5.51. The van der Waals surface area contributed by atoms with Gasteiger partial charge in [0.2, 0.25) is 0 Å². The van der Waals surface area contributed by atoms with Crippen molar-refractivity contribution in [3.05, 3.63) is 65.7 Å². The fraction of sp³-hybridized carbons (Fsp3) is 0.0769. The molecule has 0 saturated heterocycles. The second-order valence-corrected chi connectivity index (χ2v) is 5.35. The van der Waals surface area contributed by atoms with Crippen LogP contribution in [0, 0.1) is 0 Å². The minimum Gasteiger partial charge on any atom is -0.371 e. The summed E-state index contributed by atoms with van der Waals surface area (Å²) in [6.45, 7) is 0. The third-order valence-corrected chi connectivity index (χ3v) is 3.75. The fourth-order valence-electron chi connectivity index (χ4n) is 2.04. The van der Waals surface area contributed by atoms with E-state index in [2.05, 4.69) is 4.72 Å². The summed E-state index contributed by atoms with van der Waals surface area (Å²) in [5.74, 6) is 0.380. The van der Waals surface area contributed by atoms with Crippen LogP contribution in [0.3, 0.4) is 0 Å². The Morgan fingerprint density at radius 1 is 0.944 bits per heavy atom. The molecule has 1 atom stereocenters. The van der Waals surface area contributed by atoms with Crippen LogP contribution < -0.4 is 8.91 Å². The molecule has 0 unspecified atom stereocenters. The lowest BCUT2D eigenvalue weighted by Gasteiger charge is -2.26. The van der Waals surface area contributed by atoms with E-state index >= 15 is 0 Å². The van der Waals surface area contributed by atoms with E-state index in [1.54, 1.807) is 12.1 Å². The van der Waals surface area contributed by atoms with Crippen LogP contribution in [0.2, 0.25) is 0 Å². The van der Waals surface area contributed by atoms with Crippen molar-refractivity contribution in [2.45, 2.75) is 6.04 Å². The van der Waals surface area contributed by atoms with Gasteiger partial charge < -0.3 is 4.18 Å². The molecular weight excluding hydrogens is 250 g/mol. The van der Waals surface area contributed by atoms with E-state index in [9.17, 15) is 8.42 Å². The molecule has 92 valence electrons. The molecule has 0 saturated carbocycles. The molecule has 0 aliphatic carbocycles. The molecule has 5 heteroatoms. The molecule has 3 rings (SSSR count). The second kappa shape index (κ2) is 4.12. The molecule has 0 bridgehead atoms. The summed E-state index contributed by atoms with van der Waals surface area (Å²) in [7, 11) is -3.74. The summed E-state index contributed by atoms with van der Waals surface area (Å²) < 4.78 is 30.8. The molecule has 1 aliphatic rings. The summed E-state index contributed by atoms with van der Waals surface area (Å²) in [4.78, 5) is 0. The smallest absolute Gasteiger partial charge is 0.371 e. The van der Waals surface area contributed by atoms with Crippen LogP contribution in [0.25, 0.3) is 0 Å². The van der Waals surface area contributed by atoms with Gasteiger partial charge >= 0.3 is 10.3 Å². The molecule has 2 aromatic carbocycles. The maximum absolute atomic E-state index is 11.7. The molecule has 0 spiro atoms. The molecule has 0 radical (unpaired) electrons. The highest BCUT2D eigenvalue weighted by Gasteiger charge is 2.30. The minimum absolute atomic E-state index is 0.380. The largest absolute Gasteiger partial charge is 0.383 e. The Bertz CT molecular complexity index is 668. The number of hydrogen-bond acceptors (Lipinski definition) is 3. The van der Waals surface area contributed by atoms with Crippen LogP contribution in [0.1, 0.15) is 17.2 Å². The molecular formula is C13H11NO3S. The molecule has 4 nitrogen and oxygen atoms in total. The summed E-state index contributed by atoms with van der Waals surface area (Å²) in [6, 6.07) is 16.1. The maximum Gasteiger partial charge on any atom is 0.383 e. The Morgan fingerprint density at radius 2 is 1.61 bits per heavy atom. The molecule has 0 aromatic heterocycles. The molecule has 18 heavy (non-hydrogen) atoms. The lowest BCUT2D eigenvalue weighted by molar-refractivity contribution is 0.442. The van der Waals surface area contributed by atoms with Crippen LogP contribution >= 0.6 is 0 Å². The Kier molecular flexibility index (Phi) is 2.57. The standard InChI is InChI=1S/C13H11NO3S/c15-18(16)14-13(10-6-2-1-3-7-10)11-8-4-5-9-12(11)17-18/h1-9,13-14H/t13-/m1/s1. The van der Waals surface area contributed by atoms with Gasteiger partial charge in [0.25, 0.3) is 0 Å². The zero-order valence-corrected chi connectivity index (χ0v) is 10.2.